The number of sulfonamides is 1. The van der Waals surface area contributed by atoms with Gasteiger partial charge in [0.15, 0.2) is 10.9 Å². The number of rotatable bonds is 5. The van der Waals surface area contributed by atoms with Crippen molar-refractivity contribution in [2.45, 2.75) is 4.90 Å². The highest BCUT2D eigenvalue weighted by Crippen LogP contribution is 2.42. The lowest BCUT2D eigenvalue weighted by Gasteiger charge is -2.22. The van der Waals surface area contributed by atoms with Crippen LogP contribution < -0.4 is 15.5 Å². The van der Waals surface area contributed by atoms with Crippen LogP contribution in [0.1, 0.15) is 20.9 Å². The first-order valence-corrected chi connectivity index (χ1v) is 10.9. The van der Waals surface area contributed by atoms with E-state index in [4.69, 9.17) is 4.42 Å². The smallest absolute Gasteiger partial charge is 0.287 e. The second kappa shape index (κ2) is 7.32. The maximum absolute atomic E-state index is 12.3. The SMILES string of the molecule is O=C(NCCNC(=O)c1ccco1)c1ccc2c(c1)SC1=NS(=O)(=O)CCN12. The molecule has 2 aliphatic rings. The number of furan rings is 1. The van der Waals surface area contributed by atoms with Gasteiger partial charge in [0.25, 0.3) is 21.8 Å². The molecular formula is C17H16N4O5S2. The van der Waals surface area contributed by atoms with E-state index in [0.717, 1.165) is 10.6 Å². The zero-order chi connectivity index (χ0) is 19.7. The predicted octanol–water partition coefficient (Wildman–Crippen LogP) is 1.05. The molecule has 11 heteroatoms. The highest BCUT2D eigenvalue weighted by molar-refractivity contribution is 8.15. The Kier molecular flexibility index (Phi) is 4.85. The fourth-order valence-electron chi connectivity index (χ4n) is 2.82. The summed E-state index contributed by atoms with van der Waals surface area (Å²) in [4.78, 5) is 26.7. The van der Waals surface area contributed by atoms with Gasteiger partial charge in [-0.05, 0) is 42.1 Å². The van der Waals surface area contributed by atoms with Crippen molar-refractivity contribution in [2.75, 3.05) is 30.3 Å². The number of anilines is 1. The zero-order valence-electron chi connectivity index (χ0n) is 14.5. The van der Waals surface area contributed by atoms with Crippen LogP contribution in [0, 0.1) is 0 Å². The molecule has 28 heavy (non-hydrogen) atoms. The molecule has 146 valence electrons. The summed E-state index contributed by atoms with van der Waals surface area (Å²) < 4.78 is 32.1. The number of amides is 2. The second-order valence-electron chi connectivity index (χ2n) is 6.09. The average molecular weight is 420 g/mol. The van der Waals surface area contributed by atoms with Crippen molar-refractivity contribution in [1.82, 2.24) is 10.6 Å². The molecule has 0 bridgehead atoms. The van der Waals surface area contributed by atoms with Crippen molar-refractivity contribution in [2.24, 2.45) is 4.40 Å². The van der Waals surface area contributed by atoms with Crippen molar-refractivity contribution in [3.8, 4) is 0 Å². The van der Waals surface area contributed by atoms with Gasteiger partial charge >= 0.3 is 0 Å². The van der Waals surface area contributed by atoms with Gasteiger partial charge in [0.2, 0.25) is 0 Å². The third-order valence-corrected chi connectivity index (χ3v) is 6.48. The van der Waals surface area contributed by atoms with Crippen molar-refractivity contribution < 1.29 is 22.4 Å². The molecule has 2 aromatic rings. The van der Waals surface area contributed by atoms with Gasteiger partial charge in [0.05, 0.1) is 17.7 Å². The summed E-state index contributed by atoms with van der Waals surface area (Å²) in [6.07, 6.45) is 1.41. The second-order valence-corrected chi connectivity index (χ2v) is 8.85. The average Bonchev–Trinajstić information content (AvgIpc) is 3.30. The maximum atomic E-state index is 12.3. The molecule has 2 aliphatic heterocycles. The lowest BCUT2D eigenvalue weighted by molar-refractivity contribution is 0.0910. The summed E-state index contributed by atoms with van der Waals surface area (Å²) in [5.74, 6) is -0.443. The first kappa shape index (κ1) is 18.6. The van der Waals surface area contributed by atoms with Gasteiger partial charge in [-0.2, -0.15) is 0 Å². The van der Waals surface area contributed by atoms with E-state index in [1.165, 1.54) is 18.0 Å². The molecule has 0 spiro atoms. The van der Waals surface area contributed by atoms with Gasteiger partial charge in [-0.3, -0.25) is 9.59 Å². The highest BCUT2D eigenvalue weighted by Gasteiger charge is 2.33. The van der Waals surface area contributed by atoms with Gasteiger partial charge < -0.3 is 20.0 Å². The number of amidine groups is 1. The lowest BCUT2D eigenvalue weighted by atomic mass is 10.2. The minimum atomic E-state index is -3.41. The van der Waals surface area contributed by atoms with Gasteiger partial charge in [-0.1, -0.05) is 0 Å². The van der Waals surface area contributed by atoms with Crippen LogP contribution in [-0.4, -0.2) is 50.8 Å². The number of fused-ring (bicyclic) bond motifs is 3. The molecule has 9 nitrogen and oxygen atoms in total. The fraction of sp³-hybridized carbons (Fsp3) is 0.235. The van der Waals surface area contributed by atoms with Gasteiger partial charge in [-0.15, -0.1) is 4.40 Å². The molecule has 3 heterocycles. The number of hydrogen-bond donors (Lipinski definition) is 2. The molecule has 1 aromatic carbocycles. The Morgan fingerprint density at radius 2 is 1.96 bits per heavy atom. The minimum absolute atomic E-state index is 0.0253. The summed E-state index contributed by atoms with van der Waals surface area (Å²) in [6, 6.07) is 8.36. The molecule has 0 fully saturated rings. The maximum Gasteiger partial charge on any atom is 0.287 e. The number of thioether (sulfide) groups is 1. The molecule has 0 unspecified atom stereocenters. The van der Waals surface area contributed by atoms with Crippen molar-refractivity contribution >= 4 is 44.5 Å². The highest BCUT2D eigenvalue weighted by atomic mass is 32.2. The van der Waals surface area contributed by atoms with Gasteiger partial charge in [-0.25, -0.2) is 8.42 Å². The summed E-state index contributed by atoms with van der Waals surface area (Å²) in [5.41, 5.74) is 1.30. The first-order chi connectivity index (χ1) is 13.4. The van der Waals surface area contributed by atoms with Crippen LogP contribution in [0.4, 0.5) is 5.69 Å². The molecule has 0 radical (unpaired) electrons. The predicted molar refractivity (Wildman–Crippen MR) is 104 cm³/mol. The number of benzene rings is 1. The molecule has 2 amide bonds. The van der Waals surface area contributed by atoms with E-state index in [1.54, 1.807) is 30.3 Å². The van der Waals surface area contributed by atoms with Crippen LogP contribution in [-0.2, 0) is 10.0 Å². The molecule has 4 rings (SSSR count). The van der Waals surface area contributed by atoms with Gasteiger partial charge in [0.1, 0.15) is 0 Å². The zero-order valence-corrected chi connectivity index (χ0v) is 16.2. The topological polar surface area (TPSA) is 121 Å². The summed E-state index contributed by atoms with van der Waals surface area (Å²) >= 11 is 1.23. The van der Waals surface area contributed by atoms with Crippen LogP contribution in [0.5, 0.6) is 0 Å². The van der Waals surface area contributed by atoms with E-state index >= 15 is 0 Å². The number of carbonyl (C=O) groups is 2. The lowest BCUT2D eigenvalue weighted by Crippen LogP contribution is -2.35. The van der Waals surface area contributed by atoms with Crippen molar-refractivity contribution in [3.05, 3.63) is 47.9 Å². The fourth-order valence-corrected chi connectivity index (χ4v) is 5.12. The number of nitrogens with zero attached hydrogens (tertiary/aromatic N) is 2. The molecule has 1 aromatic heterocycles. The molecule has 0 aliphatic carbocycles. The van der Waals surface area contributed by atoms with E-state index in [9.17, 15) is 18.0 Å². The number of hydrogen-bond acceptors (Lipinski definition) is 7. The molecule has 0 atom stereocenters. The Hall–Kier alpha value is -2.79. The van der Waals surface area contributed by atoms with E-state index in [-0.39, 0.29) is 36.4 Å². The van der Waals surface area contributed by atoms with Crippen LogP contribution in [0.25, 0.3) is 0 Å². The third-order valence-electron chi connectivity index (χ3n) is 4.18. The molecule has 0 saturated heterocycles. The van der Waals surface area contributed by atoms with Gasteiger partial charge in [0, 0.05) is 30.1 Å². The Morgan fingerprint density at radius 1 is 1.18 bits per heavy atom. The van der Waals surface area contributed by atoms with Crippen LogP contribution in [0.2, 0.25) is 0 Å². The van der Waals surface area contributed by atoms with Crippen molar-refractivity contribution in [1.29, 1.82) is 0 Å². The quantitative estimate of drug-likeness (QED) is 0.694. The van der Waals surface area contributed by atoms with E-state index in [0.29, 0.717) is 17.3 Å². The van der Waals surface area contributed by atoms with Crippen LogP contribution in [0.3, 0.4) is 0 Å². The molecule has 2 N–H and O–H groups in total. The summed E-state index contributed by atoms with van der Waals surface area (Å²) in [5, 5.41) is 5.79. The van der Waals surface area contributed by atoms with Crippen molar-refractivity contribution in [3.63, 3.8) is 0 Å². The third kappa shape index (κ3) is 3.76. The molecular weight excluding hydrogens is 404 g/mol. The summed E-state index contributed by atoms with van der Waals surface area (Å²) in [7, 11) is -3.41. The first-order valence-electron chi connectivity index (χ1n) is 8.45. The Morgan fingerprint density at radius 3 is 2.71 bits per heavy atom. The van der Waals surface area contributed by atoms with Crippen LogP contribution >= 0.6 is 11.8 Å². The monoisotopic (exact) mass is 420 g/mol. The largest absolute Gasteiger partial charge is 0.459 e. The van der Waals surface area contributed by atoms with E-state index in [2.05, 4.69) is 15.0 Å². The van der Waals surface area contributed by atoms with E-state index < -0.39 is 10.0 Å². The van der Waals surface area contributed by atoms with E-state index in [1.807, 2.05) is 4.90 Å². The normalized spacial score (nSPS) is 16.7. The Bertz CT molecular complexity index is 1060. The molecule has 0 saturated carbocycles. The minimum Gasteiger partial charge on any atom is -0.459 e. The summed E-state index contributed by atoms with van der Waals surface area (Å²) in [6.45, 7) is 0.863. The number of nitrogens with one attached hydrogen (secondary N) is 2. The standard InChI is InChI=1S/C17H16N4O5S2/c22-15(18-5-6-19-16(23)13-2-1-8-26-13)11-3-4-12-14(10-11)27-17-20-28(24,25)9-7-21(12)17/h1-4,8,10H,5-7,9H2,(H,18,22)(H,19,23). The Labute approximate surface area is 165 Å². The number of carbonyl (C=O) groups excluding carboxylic acids is 2. The Balaban J connectivity index is 1.35. The van der Waals surface area contributed by atoms with Crippen LogP contribution in [0.15, 0.2) is 50.3 Å².